The highest BCUT2D eigenvalue weighted by Crippen LogP contribution is 2.25. The third kappa shape index (κ3) is 3.07. The Morgan fingerprint density at radius 1 is 0.842 bits per heavy atom. The molecule has 96 valence electrons. The van der Waals surface area contributed by atoms with Crippen LogP contribution in [-0.2, 0) is 0 Å². The number of ketones is 2. The van der Waals surface area contributed by atoms with Gasteiger partial charge in [0.1, 0.15) is 11.5 Å². The van der Waals surface area contributed by atoms with Crippen molar-refractivity contribution >= 4 is 11.6 Å². The molecule has 0 saturated heterocycles. The molecule has 0 bridgehead atoms. The van der Waals surface area contributed by atoms with Gasteiger partial charge in [-0.25, -0.2) is 0 Å². The van der Waals surface area contributed by atoms with Crippen LogP contribution < -0.4 is 4.74 Å². The second-order valence-electron chi connectivity index (χ2n) is 4.23. The second kappa shape index (κ2) is 5.48. The summed E-state index contributed by atoms with van der Waals surface area (Å²) in [5.41, 5.74) is 1.17. The van der Waals surface area contributed by atoms with Gasteiger partial charge in [-0.3, -0.25) is 9.59 Å². The number of para-hydroxylation sites is 1. The van der Waals surface area contributed by atoms with Crippen molar-refractivity contribution in [2.24, 2.45) is 0 Å². The van der Waals surface area contributed by atoms with E-state index in [2.05, 4.69) is 0 Å². The molecule has 19 heavy (non-hydrogen) atoms. The molecule has 0 unspecified atom stereocenters. The van der Waals surface area contributed by atoms with Gasteiger partial charge in [0, 0.05) is 5.56 Å². The Balaban J connectivity index is 2.26. The Kier molecular flexibility index (Phi) is 3.76. The van der Waals surface area contributed by atoms with Gasteiger partial charge in [0.05, 0.1) is 5.56 Å². The average Bonchev–Trinajstić information content (AvgIpc) is 2.39. The maximum absolute atomic E-state index is 11.5. The molecule has 0 aliphatic rings. The normalized spacial score (nSPS) is 10.0. The van der Waals surface area contributed by atoms with E-state index in [1.807, 2.05) is 6.07 Å². The summed E-state index contributed by atoms with van der Waals surface area (Å²) in [6.07, 6.45) is 0. The Morgan fingerprint density at radius 3 is 2.05 bits per heavy atom. The minimum atomic E-state index is -0.0454. The van der Waals surface area contributed by atoms with E-state index in [0.717, 1.165) is 0 Å². The molecule has 0 fully saturated rings. The summed E-state index contributed by atoms with van der Waals surface area (Å²) in [4.78, 5) is 22.6. The first-order chi connectivity index (χ1) is 9.08. The highest BCUT2D eigenvalue weighted by atomic mass is 16.5. The molecule has 0 heterocycles. The van der Waals surface area contributed by atoms with Crippen molar-refractivity contribution < 1.29 is 14.3 Å². The minimum Gasteiger partial charge on any atom is -0.457 e. The molecule has 0 spiro atoms. The Labute approximate surface area is 111 Å². The predicted molar refractivity (Wildman–Crippen MR) is 73.0 cm³/mol. The zero-order chi connectivity index (χ0) is 13.8. The van der Waals surface area contributed by atoms with Crippen LogP contribution in [-0.4, -0.2) is 11.6 Å². The lowest BCUT2D eigenvalue weighted by Gasteiger charge is -2.09. The van der Waals surface area contributed by atoms with Gasteiger partial charge >= 0.3 is 0 Å². The van der Waals surface area contributed by atoms with Crippen molar-refractivity contribution in [2.75, 3.05) is 0 Å². The number of rotatable bonds is 4. The van der Waals surface area contributed by atoms with Crippen molar-refractivity contribution in [3.05, 3.63) is 59.7 Å². The summed E-state index contributed by atoms with van der Waals surface area (Å²) < 4.78 is 5.67. The van der Waals surface area contributed by atoms with E-state index >= 15 is 0 Å². The highest BCUT2D eigenvalue weighted by molar-refractivity contribution is 5.97. The van der Waals surface area contributed by atoms with Gasteiger partial charge < -0.3 is 4.74 Å². The maximum Gasteiger partial charge on any atom is 0.163 e. The van der Waals surface area contributed by atoms with Crippen molar-refractivity contribution in [3.8, 4) is 11.5 Å². The molecule has 2 aromatic carbocycles. The fourth-order valence-electron chi connectivity index (χ4n) is 1.73. The van der Waals surface area contributed by atoms with Crippen LogP contribution in [0.25, 0.3) is 0 Å². The molecule has 3 nitrogen and oxygen atoms in total. The number of hydrogen-bond acceptors (Lipinski definition) is 3. The molecule has 0 atom stereocenters. The lowest BCUT2D eigenvalue weighted by Crippen LogP contribution is -1.97. The van der Waals surface area contributed by atoms with Crippen molar-refractivity contribution in [3.63, 3.8) is 0 Å². The molecular weight excluding hydrogens is 240 g/mol. The monoisotopic (exact) mass is 254 g/mol. The number of Topliss-reactive ketones (excluding diaryl/α,β-unsaturated/α-hetero) is 2. The minimum absolute atomic E-state index is 0.00989. The second-order valence-corrected chi connectivity index (χ2v) is 4.23. The topological polar surface area (TPSA) is 43.4 Å². The summed E-state index contributed by atoms with van der Waals surface area (Å²) in [6, 6.07) is 13.9. The zero-order valence-corrected chi connectivity index (χ0v) is 10.8. The van der Waals surface area contributed by atoms with Crippen LogP contribution in [0, 0.1) is 0 Å². The number of benzene rings is 2. The van der Waals surface area contributed by atoms with Gasteiger partial charge in [-0.05, 0) is 50.2 Å². The quantitative estimate of drug-likeness (QED) is 0.777. The van der Waals surface area contributed by atoms with Crippen molar-refractivity contribution in [2.45, 2.75) is 13.8 Å². The largest absolute Gasteiger partial charge is 0.457 e. The Morgan fingerprint density at radius 2 is 1.47 bits per heavy atom. The number of ether oxygens (including phenoxy) is 1. The summed E-state index contributed by atoms with van der Waals surface area (Å²) in [5, 5.41) is 0. The van der Waals surface area contributed by atoms with Gasteiger partial charge in [-0.1, -0.05) is 12.1 Å². The first-order valence-corrected chi connectivity index (χ1v) is 5.97. The summed E-state index contributed by atoms with van der Waals surface area (Å²) in [5.74, 6) is 1.08. The van der Waals surface area contributed by atoms with Crippen LogP contribution >= 0.6 is 0 Å². The SMILES string of the molecule is CC(=O)c1ccc(Oc2ccccc2C(C)=O)cc1. The molecule has 0 aromatic heterocycles. The third-order valence-electron chi connectivity index (χ3n) is 2.76. The molecule has 0 aliphatic heterocycles. The molecular formula is C16H14O3. The fourth-order valence-corrected chi connectivity index (χ4v) is 1.73. The molecule has 0 amide bonds. The predicted octanol–water partition coefficient (Wildman–Crippen LogP) is 3.88. The molecule has 0 N–H and O–H groups in total. The van der Waals surface area contributed by atoms with E-state index in [0.29, 0.717) is 22.6 Å². The van der Waals surface area contributed by atoms with E-state index in [-0.39, 0.29) is 11.6 Å². The van der Waals surface area contributed by atoms with E-state index in [9.17, 15) is 9.59 Å². The number of carbonyl (C=O) groups excluding carboxylic acids is 2. The zero-order valence-electron chi connectivity index (χ0n) is 10.8. The van der Waals surface area contributed by atoms with Gasteiger partial charge in [-0.2, -0.15) is 0 Å². The van der Waals surface area contributed by atoms with Gasteiger partial charge in [-0.15, -0.1) is 0 Å². The average molecular weight is 254 g/mol. The van der Waals surface area contributed by atoms with E-state index in [4.69, 9.17) is 4.74 Å². The van der Waals surface area contributed by atoms with Crippen LogP contribution in [0.2, 0.25) is 0 Å². The molecule has 2 rings (SSSR count). The molecule has 0 radical (unpaired) electrons. The van der Waals surface area contributed by atoms with E-state index in [1.165, 1.54) is 13.8 Å². The van der Waals surface area contributed by atoms with Crippen LogP contribution in [0.4, 0.5) is 0 Å². The molecule has 3 heteroatoms. The standard InChI is InChI=1S/C16H14O3/c1-11(17)13-7-9-14(10-8-13)19-16-6-4-3-5-15(16)12(2)18/h3-10H,1-2H3. The van der Waals surface area contributed by atoms with Crippen molar-refractivity contribution in [1.29, 1.82) is 0 Å². The van der Waals surface area contributed by atoms with Crippen molar-refractivity contribution in [1.82, 2.24) is 0 Å². The lowest BCUT2D eigenvalue weighted by molar-refractivity contribution is 0.100. The fraction of sp³-hybridized carbons (Fsp3) is 0.125. The Hall–Kier alpha value is -2.42. The van der Waals surface area contributed by atoms with E-state index < -0.39 is 0 Å². The number of hydrogen-bond donors (Lipinski definition) is 0. The van der Waals surface area contributed by atoms with Crippen LogP contribution in [0.15, 0.2) is 48.5 Å². The van der Waals surface area contributed by atoms with Gasteiger partial charge in [0.25, 0.3) is 0 Å². The van der Waals surface area contributed by atoms with Crippen LogP contribution in [0.5, 0.6) is 11.5 Å². The van der Waals surface area contributed by atoms with Gasteiger partial charge in [0.2, 0.25) is 0 Å². The lowest BCUT2D eigenvalue weighted by atomic mass is 10.1. The summed E-state index contributed by atoms with van der Waals surface area (Å²) >= 11 is 0. The smallest absolute Gasteiger partial charge is 0.163 e. The maximum atomic E-state index is 11.5. The van der Waals surface area contributed by atoms with Gasteiger partial charge in [0.15, 0.2) is 11.6 Å². The van der Waals surface area contributed by atoms with E-state index in [1.54, 1.807) is 42.5 Å². The summed E-state index contributed by atoms with van der Waals surface area (Å²) in [6.45, 7) is 3.02. The molecule has 0 aliphatic carbocycles. The first kappa shape index (κ1) is 13.0. The number of carbonyl (C=O) groups is 2. The molecule has 0 saturated carbocycles. The van der Waals surface area contributed by atoms with Crippen LogP contribution in [0.3, 0.4) is 0 Å². The first-order valence-electron chi connectivity index (χ1n) is 5.97. The van der Waals surface area contributed by atoms with Crippen LogP contribution in [0.1, 0.15) is 34.6 Å². The highest BCUT2D eigenvalue weighted by Gasteiger charge is 2.08. The molecule has 2 aromatic rings. The summed E-state index contributed by atoms with van der Waals surface area (Å²) in [7, 11) is 0. The third-order valence-corrected chi connectivity index (χ3v) is 2.76. The Bertz CT molecular complexity index is 612.